The Labute approximate surface area is 137 Å². The molecule has 1 aromatic carbocycles. The minimum Gasteiger partial charge on any atom is -0.494 e. The summed E-state index contributed by atoms with van der Waals surface area (Å²) in [5, 5.41) is 9.20. The number of carbonyl (C=O) groups excluding carboxylic acids is 1. The molecule has 0 aromatic heterocycles. The molecule has 124 valence electrons. The smallest absolute Gasteiger partial charge is 0.239 e. The minimum atomic E-state index is -0.544. The van der Waals surface area contributed by atoms with E-state index < -0.39 is 5.92 Å². The van der Waals surface area contributed by atoms with Gasteiger partial charge in [-0.1, -0.05) is 0 Å². The molecule has 1 fully saturated rings. The zero-order chi connectivity index (χ0) is 16.5. The number of ether oxygens (including phenoxy) is 2. The average molecular weight is 316 g/mol. The number of hydrogen-bond acceptors (Lipinski definition) is 4. The van der Waals surface area contributed by atoms with E-state index in [1.807, 2.05) is 31.2 Å². The van der Waals surface area contributed by atoms with Crippen LogP contribution in [0.1, 0.15) is 32.6 Å². The highest BCUT2D eigenvalue weighted by Crippen LogP contribution is 2.19. The molecule has 0 radical (unpaired) electrons. The van der Waals surface area contributed by atoms with Crippen LogP contribution in [0.25, 0.3) is 0 Å². The van der Waals surface area contributed by atoms with E-state index in [0.717, 1.165) is 37.4 Å². The number of hydrogen-bond donors (Lipinski definition) is 0. The lowest BCUT2D eigenvalue weighted by Gasteiger charge is -2.18. The van der Waals surface area contributed by atoms with Crippen molar-refractivity contribution in [2.75, 3.05) is 26.3 Å². The molecule has 23 heavy (non-hydrogen) atoms. The molecule has 1 unspecified atom stereocenters. The van der Waals surface area contributed by atoms with Crippen molar-refractivity contribution in [2.24, 2.45) is 5.92 Å². The molecule has 5 heteroatoms. The van der Waals surface area contributed by atoms with Gasteiger partial charge in [-0.15, -0.1) is 0 Å². The van der Waals surface area contributed by atoms with Crippen molar-refractivity contribution in [1.29, 1.82) is 5.26 Å². The van der Waals surface area contributed by atoms with Crippen LogP contribution in [0, 0.1) is 17.2 Å². The van der Waals surface area contributed by atoms with E-state index in [1.165, 1.54) is 0 Å². The summed E-state index contributed by atoms with van der Waals surface area (Å²) in [6, 6.07) is 9.60. The second-order valence-corrected chi connectivity index (χ2v) is 5.61. The van der Waals surface area contributed by atoms with Crippen LogP contribution in [0.5, 0.6) is 11.5 Å². The SMILES string of the molecule is CCOc1ccc(OCCCC(C#N)C(=O)N2CCCC2)cc1. The number of likely N-dealkylation sites (tertiary alicyclic amines) is 1. The second kappa shape index (κ2) is 9.04. The first-order valence-electron chi connectivity index (χ1n) is 8.28. The van der Waals surface area contributed by atoms with Gasteiger partial charge in [-0.2, -0.15) is 5.26 Å². The van der Waals surface area contributed by atoms with Gasteiger partial charge in [-0.05, 0) is 56.9 Å². The summed E-state index contributed by atoms with van der Waals surface area (Å²) in [6.07, 6.45) is 3.32. The number of amides is 1. The van der Waals surface area contributed by atoms with Gasteiger partial charge in [-0.25, -0.2) is 0 Å². The van der Waals surface area contributed by atoms with Crippen LogP contribution < -0.4 is 9.47 Å². The van der Waals surface area contributed by atoms with Gasteiger partial charge >= 0.3 is 0 Å². The lowest BCUT2D eigenvalue weighted by molar-refractivity contribution is -0.132. The molecule has 0 N–H and O–H groups in total. The van der Waals surface area contributed by atoms with Crippen LogP contribution >= 0.6 is 0 Å². The molecule has 1 atom stereocenters. The third-order valence-electron chi connectivity index (χ3n) is 3.91. The lowest BCUT2D eigenvalue weighted by Crippen LogP contribution is -2.33. The first-order valence-corrected chi connectivity index (χ1v) is 8.28. The summed E-state index contributed by atoms with van der Waals surface area (Å²) < 4.78 is 11.0. The van der Waals surface area contributed by atoms with Gasteiger partial charge in [0.15, 0.2) is 0 Å². The molecular weight excluding hydrogens is 292 g/mol. The molecule has 5 nitrogen and oxygen atoms in total. The highest BCUT2D eigenvalue weighted by atomic mass is 16.5. The Balaban J connectivity index is 1.71. The van der Waals surface area contributed by atoms with Crippen LogP contribution in [0.2, 0.25) is 0 Å². The maximum Gasteiger partial charge on any atom is 0.239 e. The van der Waals surface area contributed by atoms with Crippen molar-refractivity contribution in [3.05, 3.63) is 24.3 Å². The maximum atomic E-state index is 12.2. The fourth-order valence-corrected chi connectivity index (χ4v) is 2.68. The Kier molecular flexibility index (Phi) is 6.74. The second-order valence-electron chi connectivity index (χ2n) is 5.61. The molecule has 1 saturated heterocycles. The Hall–Kier alpha value is -2.22. The summed E-state index contributed by atoms with van der Waals surface area (Å²) in [4.78, 5) is 14.0. The number of nitrogens with zero attached hydrogens (tertiary/aromatic N) is 2. The van der Waals surface area contributed by atoms with Crippen LogP contribution in [0.4, 0.5) is 0 Å². The van der Waals surface area contributed by atoms with Crippen LogP contribution in [0.3, 0.4) is 0 Å². The Morgan fingerprint density at radius 1 is 1.22 bits per heavy atom. The molecular formula is C18H24N2O3. The zero-order valence-electron chi connectivity index (χ0n) is 13.7. The lowest BCUT2D eigenvalue weighted by atomic mass is 10.0. The molecule has 1 heterocycles. The fraction of sp³-hybridized carbons (Fsp3) is 0.556. The van der Waals surface area contributed by atoms with Gasteiger partial charge in [-0.3, -0.25) is 4.79 Å². The maximum absolute atomic E-state index is 12.2. The van der Waals surface area contributed by atoms with E-state index in [1.54, 1.807) is 4.90 Å². The van der Waals surface area contributed by atoms with Gasteiger partial charge in [0, 0.05) is 13.1 Å². The molecule has 0 bridgehead atoms. The number of carbonyl (C=O) groups is 1. The molecule has 0 spiro atoms. The molecule has 1 amide bonds. The van der Waals surface area contributed by atoms with E-state index in [2.05, 4.69) is 6.07 Å². The number of rotatable bonds is 8. The Morgan fingerprint density at radius 2 is 1.83 bits per heavy atom. The van der Waals surface area contributed by atoms with Crippen molar-refractivity contribution in [3.8, 4) is 17.6 Å². The Morgan fingerprint density at radius 3 is 2.39 bits per heavy atom. The molecule has 1 aromatic rings. The quantitative estimate of drug-likeness (QED) is 0.692. The number of nitriles is 1. The first-order chi connectivity index (χ1) is 11.2. The fourth-order valence-electron chi connectivity index (χ4n) is 2.68. The predicted molar refractivity (Wildman–Crippen MR) is 87.3 cm³/mol. The third kappa shape index (κ3) is 5.17. The van der Waals surface area contributed by atoms with Crippen LogP contribution in [-0.2, 0) is 4.79 Å². The van der Waals surface area contributed by atoms with E-state index in [4.69, 9.17) is 9.47 Å². The zero-order valence-corrected chi connectivity index (χ0v) is 13.7. The first kappa shape index (κ1) is 17.1. The van der Waals surface area contributed by atoms with E-state index in [9.17, 15) is 10.1 Å². The highest BCUT2D eigenvalue weighted by molar-refractivity contribution is 5.81. The third-order valence-corrected chi connectivity index (χ3v) is 3.91. The summed E-state index contributed by atoms with van der Waals surface area (Å²) in [6.45, 7) is 4.67. The molecule has 0 saturated carbocycles. The van der Waals surface area contributed by atoms with E-state index >= 15 is 0 Å². The van der Waals surface area contributed by atoms with Gasteiger partial charge < -0.3 is 14.4 Å². The molecule has 2 rings (SSSR count). The predicted octanol–water partition coefficient (Wildman–Crippen LogP) is 3.01. The highest BCUT2D eigenvalue weighted by Gasteiger charge is 2.25. The van der Waals surface area contributed by atoms with Crippen LogP contribution in [0.15, 0.2) is 24.3 Å². The van der Waals surface area contributed by atoms with Crippen molar-refractivity contribution < 1.29 is 14.3 Å². The number of benzene rings is 1. The average Bonchev–Trinajstić information content (AvgIpc) is 3.11. The Bertz CT molecular complexity index is 530. The van der Waals surface area contributed by atoms with E-state index in [0.29, 0.717) is 26.1 Å². The summed E-state index contributed by atoms with van der Waals surface area (Å²) in [5.41, 5.74) is 0. The summed E-state index contributed by atoms with van der Waals surface area (Å²) in [5.74, 6) is 1.02. The summed E-state index contributed by atoms with van der Waals surface area (Å²) >= 11 is 0. The molecule has 1 aliphatic heterocycles. The molecule has 1 aliphatic rings. The van der Waals surface area contributed by atoms with E-state index in [-0.39, 0.29) is 5.91 Å². The normalized spacial score (nSPS) is 15.0. The largest absolute Gasteiger partial charge is 0.494 e. The van der Waals surface area contributed by atoms with Crippen molar-refractivity contribution in [1.82, 2.24) is 4.90 Å². The van der Waals surface area contributed by atoms with Gasteiger partial charge in [0.2, 0.25) is 5.91 Å². The van der Waals surface area contributed by atoms with Gasteiger partial charge in [0.1, 0.15) is 17.4 Å². The summed E-state index contributed by atoms with van der Waals surface area (Å²) in [7, 11) is 0. The van der Waals surface area contributed by atoms with Gasteiger partial charge in [0.25, 0.3) is 0 Å². The standard InChI is InChI=1S/C18H24N2O3/c1-2-22-16-7-9-17(10-8-16)23-13-5-6-15(14-19)18(21)20-11-3-4-12-20/h7-10,15H,2-6,11-13H2,1H3. The van der Waals surface area contributed by atoms with Crippen molar-refractivity contribution >= 4 is 5.91 Å². The van der Waals surface area contributed by atoms with Gasteiger partial charge in [0.05, 0.1) is 19.3 Å². The van der Waals surface area contributed by atoms with Crippen molar-refractivity contribution in [2.45, 2.75) is 32.6 Å². The molecule has 0 aliphatic carbocycles. The monoisotopic (exact) mass is 316 g/mol. The topological polar surface area (TPSA) is 62.6 Å². The minimum absolute atomic E-state index is 0.0222. The van der Waals surface area contributed by atoms with Crippen LogP contribution in [-0.4, -0.2) is 37.1 Å². The van der Waals surface area contributed by atoms with Crippen molar-refractivity contribution in [3.63, 3.8) is 0 Å².